The highest BCUT2D eigenvalue weighted by Crippen LogP contribution is 1.96. The van der Waals surface area contributed by atoms with Crippen LogP contribution in [0.25, 0.3) is 0 Å². The maximum atomic E-state index is 10.5. The van der Waals surface area contributed by atoms with Gasteiger partial charge in [0.15, 0.2) is 5.88 Å². The lowest BCUT2D eigenvalue weighted by Crippen LogP contribution is -2.03. The molecule has 0 aliphatic carbocycles. The number of aromatic amines is 1. The Kier molecular flexibility index (Phi) is 4.90. The van der Waals surface area contributed by atoms with E-state index in [9.17, 15) is 4.79 Å². The van der Waals surface area contributed by atoms with Crippen molar-refractivity contribution in [3.63, 3.8) is 0 Å². The molecule has 3 nitrogen and oxygen atoms in total. The molecule has 0 aliphatic heterocycles. The van der Waals surface area contributed by atoms with Gasteiger partial charge < -0.3 is 4.74 Å². The average Bonchev–Trinajstić information content (AvgIpc) is 2.08. The van der Waals surface area contributed by atoms with Gasteiger partial charge in [0.05, 0.1) is 7.11 Å². The second-order valence-electron chi connectivity index (χ2n) is 1.58. The predicted molar refractivity (Wildman–Crippen MR) is 45.0 cm³/mol. The van der Waals surface area contributed by atoms with Crippen LogP contribution < -0.4 is 10.3 Å². The van der Waals surface area contributed by atoms with Crippen LogP contribution in [0.4, 0.5) is 0 Å². The summed E-state index contributed by atoms with van der Waals surface area (Å²) in [6, 6.07) is 4.75. The summed E-state index contributed by atoms with van der Waals surface area (Å²) in [7, 11) is 1.51. The van der Waals surface area contributed by atoms with Crippen LogP contribution in [0, 0.1) is 0 Å². The highest BCUT2D eigenvalue weighted by molar-refractivity contribution is 5.08. The Labute approximate surface area is 66.0 Å². The van der Waals surface area contributed by atoms with Crippen LogP contribution in [0.1, 0.15) is 13.8 Å². The van der Waals surface area contributed by atoms with Crippen LogP contribution in [0.15, 0.2) is 23.0 Å². The molecule has 1 rings (SSSR count). The fourth-order valence-corrected chi connectivity index (χ4v) is 0.547. The van der Waals surface area contributed by atoms with Gasteiger partial charge in [-0.2, -0.15) is 0 Å². The average molecular weight is 155 g/mol. The van der Waals surface area contributed by atoms with Crippen LogP contribution in [0.5, 0.6) is 5.88 Å². The lowest BCUT2D eigenvalue weighted by molar-refractivity contribution is 0.396. The molecule has 0 unspecified atom stereocenters. The summed E-state index contributed by atoms with van der Waals surface area (Å²) >= 11 is 0. The summed E-state index contributed by atoms with van der Waals surface area (Å²) in [6.45, 7) is 4.00. The minimum atomic E-state index is -0.144. The second-order valence-corrected chi connectivity index (χ2v) is 1.58. The molecular weight excluding hydrogens is 142 g/mol. The van der Waals surface area contributed by atoms with Gasteiger partial charge in [0.2, 0.25) is 0 Å². The van der Waals surface area contributed by atoms with Gasteiger partial charge in [-0.1, -0.05) is 19.9 Å². The third kappa shape index (κ3) is 3.45. The largest absolute Gasteiger partial charge is 0.482 e. The second kappa shape index (κ2) is 5.53. The first kappa shape index (κ1) is 9.75. The van der Waals surface area contributed by atoms with Crippen molar-refractivity contribution in [1.29, 1.82) is 0 Å². The molecule has 0 aromatic carbocycles. The van der Waals surface area contributed by atoms with E-state index in [4.69, 9.17) is 4.74 Å². The zero-order chi connectivity index (χ0) is 8.69. The highest BCUT2D eigenvalue weighted by Gasteiger charge is 1.85. The number of hydrogen-bond donors (Lipinski definition) is 1. The first-order chi connectivity index (χ1) is 5.33. The van der Waals surface area contributed by atoms with E-state index in [1.807, 2.05) is 13.8 Å². The number of H-pyrrole nitrogens is 1. The molecule has 3 heteroatoms. The zero-order valence-corrected chi connectivity index (χ0v) is 7.05. The summed E-state index contributed by atoms with van der Waals surface area (Å²) in [5.74, 6) is 0.488. The molecule has 0 fully saturated rings. The Morgan fingerprint density at radius 2 is 2.00 bits per heavy atom. The maximum absolute atomic E-state index is 10.5. The smallest absolute Gasteiger partial charge is 0.250 e. The van der Waals surface area contributed by atoms with E-state index in [1.165, 1.54) is 13.2 Å². The number of ether oxygens (including phenoxy) is 1. The topological polar surface area (TPSA) is 42.1 Å². The Morgan fingerprint density at radius 1 is 1.36 bits per heavy atom. The summed E-state index contributed by atoms with van der Waals surface area (Å²) in [5, 5.41) is 0. The third-order valence-corrected chi connectivity index (χ3v) is 0.962. The van der Waals surface area contributed by atoms with Gasteiger partial charge in [0.1, 0.15) is 0 Å². The summed E-state index contributed by atoms with van der Waals surface area (Å²) in [4.78, 5) is 13.0. The van der Waals surface area contributed by atoms with Crippen LogP contribution in [-0.2, 0) is 0 Å². The molecule has 1 aromatic heterocycles. The summed E-state index contributed by atoms with van der Waals surface area (Å²) < 4.78 is 4.74. The molecule has 0 atom stereocenters. The molecule has 1 N–H and O–H groups in total. The molecule has 0 radical (unpaired) electrons. The van der Waals surface area contributed by atoms with E-state index < -0.39 is 0 Å². The molecule has 1 aromatic rings. The van der Waals surface area contributed by atoms with Gasteiger partial charge in [-0.25, -0.2) is 0 Å². The number of hydrogen-bond acceptors (Lipinski definition) is 2. The molecule has 0 bridgehead atoms. The van der Waals surface area contributed by atoms with Crippen molar-refractivity contribution in [2.45, 2.75) is 13.8 Å². The summed E-state index contributed by atoms with van der Waals surface area (Å²) in [5.41, 5.74) is -0.144. The fourth-order valence-electron chi connectivity index (χ4n) is 0.547. The first-order valence-electron chi connectivity index (χ1n) is 3.56. The van der Waals surface area contributed by atoms with E-state index in [0.29, 0.717) is 5.88 Å². The van der Waals surface area contributed by atoms with Crippen molar-refractivity contribution in [1.82, 2.24) is 4.98 Å². The van der Waals surface area contributed by atoms with Crippen LogP contribution >= 0.6 is 0 Å². The highest BCUT2D eigenvalue weighted by atomic mass is 16.5. The predicted octanol–water partition coefficient (Wildman–Crippen LogP) is 1.41. The van der Waals surface area contributed by atoms with Crippen molar-refractivity contribution in [2.75, 3.05) is 7.11 Å². The molecule has 62 valence electrons. The molecule has 0 amide bonds. The molecule has 11 heavy (non-hydrogen) atoms. The Morgan fingerprint density at radius 3 is 2.36 bits per heavy atom. The van der Waals surface area contributed by atoms with Crippen molar-refractivity contribution in [3.8, 4) is 5.88 Å². The van der Waals surface area contributed by atoms with Crippen molar-refractivity contribution < 1.29 is 4.74 Å². The monoisotopic (exact) mass is 155 g/mol. The molecule has 0 aliphatic rings. The molecule has 1 heterocycles. The third-order valence-electron chi connectivity index (χ3n) is 0.962. The van der Waals surface area contributed by atoms with E-state index in [-0.39, 0.29) is 5.56 Å². The number of pyridine rings is 1. The van der Waals surface area contributed by atoms with E-state index >= 15 is 0 Å². The molecule has 0 saturated carbocycles. The Bertz CT molecular complexity index is 242. The van der Waals surface area contributed by atoms with Crippen molar-refractivity contribution in [2.24, 2.45) is 0 Å². The Hall–Kier alpha value is -1.25. The molecule has 0 saturated heterocycles. The van der Waals surface area contributed by atoms with Gasteiger partial charge in [-0.3, -0.25) is 9.78 Å². The van der Waals surface area contributed by atoms with Crippen LogP contribution in [0.2, 0.25) is 0 Å². The molecule has 0 spiro atoms. The zero-order valence-electron chi connectivity index (χ0n) is 7.05. The quantitative estimate of drug-likeness (QED) is 0.666. The number of rotatable bonds is 1. The van der Waals surface area contributed by atoms with Crippen molar-refractivity contribution >= 4 is 0 Å². The van der Waals surface area contributed by atoms with E-state index in [1.54, 1.807) is 12.1 Å². The minimum absolute atomic E-state index is 0.144. The maximum Gasteiger partial charge on any atom is 0.250 e. The van der Waals surface area contributed by atoms with Crippen molar-refractivity contribution in [3.05, 3.63) is 28.6 Å². The SMILES string of the molecule is CC.COc1cccc(=O)[nH]1. The van der Waals surface area contributed by atoms with Crippen LogP contribution in [0.3, 0.4) is 0 Å². The van der Waals surface area contributed by atoms with E-state index in [0.717, 1.165) is 0 Å². The fraction of sp³-hybridized carbons (Fsp3) is 0.375. The van der Waals surface area contributed by atoms with Gasteiger partial charge in [0.25, 0.3) is 5.56 Å². The first-order valence-corrected chi connectivity index (χ1v) is 3.56. The number of nitrogens with one attached hydrogen (secondary N) is 1. The number of methoxy groups -OCH3 is 1. The van der Waals surface area contributed by atoms with Gasteiger partial charge in [0, 0.05) is 6.07 Å². The number of aromatic nitrogens is 1. The Balaban J connectivity index is 0.000000461. The minimum Gasteiger partial charge on any atom is -0.482 e. The van der Waals surface area contributed by atoms with Gasteiger partial charge >= 0.3 is 0 Å². The summed E-state index contributed by atoms with van der Waals surface area (Å²) in [6.07, 6.45) is 0. The molecular formula is C8H13NO2. The van der Waals surface area contributed by atoms with E-state index in [2.05, 4.69) is 4.98 Å². The standard InChI is InChI=1S/C6H7NO2.C2H6/c1-9-6-4-2-3-5(8)7-6;1-2/h2-4H,1H3,(H,7,8);1-2H3. The van der Waals surface area contributed by atoms with Gasteiger partial charge in [-0.05, 0) is 6.07 Å². The lowest BCUT2D eigenvalue weighted by atomic mass is 10.5. The van der Waals surface area contributed by atoms with Crippen LogP contribution in [-0.4, -0.2) is 12.1 Å². The van der Waals surface area contributed by atoms with Gasteiger partial charge in [-0.15, -0.1) is 0 Å². The lowest BCUT2D eigenvalue weighted by Gasteiger charge is -1.94. The normalized spacial score (nSPS) is 7.91.